The van der Waals surface area contributed by atoms with E-state index in [1.807, 2.05) is 0 Å². The second kappa shape index (κ2) is 2.11. The molecule has 0 N–H and O–H groups in total. The van der Waals surface area contributed by atoms with E-state index in [9.17, 15) is 4.79 Å². The van der Waals surface area contributed by atoms with Crippen molar-refractivity contribution < 1.29 is 9.63 Å². The Bertz CT molecular complexity index is 141. The Labute approximate surface area is 46.0 Å². The van der Waals surface area contributed by atoms with Gasteiger partial charge in [0.1, 0.15) is 6.26 Å². The van der Waals surface area contributed by atoms with Gasteiger partial charge in [0, 0.05) is 0 Å². The van der Waals surface area contributed by atoms with E-state index >= 15 is 0 Å². The summed E-state index contributed by atoms with van der Waals surface area (Å²) in [6.45, 7) is 0. The molecule has 1 aliphatic rings. The zero-order valence-corrected chi connectivity index (χ0v) is 4.02. The molecule has 1 aliphatic heterocycles. The van der Waals surface area contributed by atoms with Gasteiger partial charge in [0.25, 0.3) is 6.41 Å². The zero-order valence-electron chi connectivity index (χ0n) is 4.02. The maximum atomic E-state index is 9.81. The summed E-state index contributed by atoms with van der Waals surface area (Å²) in [5.41, 5.74) is 0. The summed E-state index contributed by atoms with van der Waals surface area (Å²) in [7, 11) is 0. The number of hydroxylamine groups is 1. The zero-order chi connectivity index (χ0) is 5.82. The number of rotatable bonds is 1. The number of nitrogens with zero attached hydrogens (tertiary/aromatic N) is 2. The highest BCUT2D eigenvalue weighted by atomic mass is 16.7. The van der Waals surface area contributed by atoms with Gasteiger partial charge in [-0.15, -0.1) is 5.10 Å². The van der Waals surface area contributed by atoms with E-state index in [4.69, 9.17) is 0 Å². The molecule has 4 heteroatoms. The molecule has 0 unspecified atom stereocenters. The van der Waals surface area contributed by atoms with E-state index in [0.717, 1.165) is 5.17 Å². The van der Waals surface area contributed by atoms with E-state index in [2.05, 4.69) is 9.94 Å². The van der Waals surface area contributed by atoms with Crippen LogP contribution in [0.5, 0.6) is 0 Å². The van der Waals surface area contributed by atoms with Crippen LogP contribution >= 0.6 is 0 Å². The third-order valence-electron chi connectivity index (χ3n) is 0.604. The summed E-state index contributed by atoms with van der Waals surface area (Å²) in [5, 5.41) is 4.30. The standard InChI is InChI=1S/C4H4N2O2/c7-4-6-5-2-1-3-8-6/h1-4H. The maximum Gasteiger partial charge on any atom is 0.268 e. The Morgan fingerprint density at radius 1 is 1.75 bits per heavy atom. The predicted molar refractivity (Wildman–Crippen MR) is 26.6 cm³/mol. The molecule has 0 bridgehead atoms. The molecular formula is C4H4N2O2. The molecule has 1 rings (SSSR count). The minimum absolute atomic E-state index is 0.472. The van der Waals surface area contributed by atoms with Crippen molar-refractivity contribution in [2.75, 3.05) is 0 Å². The lowest BCUT2D eigenvalue weighted by molar-refractivity contribution is -0.152. The number of hydrogen-bond donors (Lipinski definition) is 0. The Morgan fingerprint density at radius 2 is 2.62 bits per heavy atom. The molecule has 0 saturated carbocycles. The molecule has 1 amide bonds. The first-order chi connectivity index (χ1) is 3.93. The Balaban J connectivity index is 2.51. The van der Waals surface area contributed by atoms with Gasteiger partial charge in [0.2, 0.25) is 0 Å². The third kappa shape index (κ3) is 0.841. The second-order valence-corrected chi connectivity index (χ2v) is 1.11. The Morgan fingerprint density at radius 3 is 3.00 bits per heavy atom. The van der Waals surface area contributed by atoms with Crippen LogP contribution in [-0.2, 0) is 9.63 Å². The van der Waals surface area contributed by atoms with E-state index < -0.39 is 0 Å². The fourth-order valence-corrected chi connectivity index (χ4v) is 0.316. The van der Waals surface area contributed by atoms with E-state index in [0.29, 0.717) is 6.41 Å². The molecule has 42 valence electrons. The molecule has 0 spiro atoms. The first kappa shape index (κ1) is 4.83. The van der Waals surface area contributed by atoms with E-state index in [-0.39, 0.29) is 0 Å². The first-order valence-electron chi connectivity index (χ1n) is 2.04. The van der Waals surface area contributed by atoms with Gasteiger partial charge < -0.3 is 4.84 Å². The summed E-state index contributed by atoms with van der Waals surface area (Å²) in [6, 6.07) is 0. The fourth-order valence-electron chi connectivity index (χ4n) is 0.316. The number of allylic oxidation sites excluding steroid dienone is 1. The molecule has 0 radical (unpaired) electrons. The Hall–Kier alpha value is -1.32. The molecule has 0 fully saturated rings. The van der Waals surface area contributed by atoms with Crippen LogP contribution < -0.4 is 0 Å². The monoisotopic (exact) mass is 112 g/mol. The average molecular weight is 112 g/mol. The van der Waals surface area contributed by atoms with Crippen molar-refractivity contribution in [3.05, 3.63) is 12.3 Å². The van der Waals surface area contributed by atoms with Crippen LogP contribution in [0.3, 0.4) is 0 Å². The van der Waals surface area contributed by atoms with Crippen molar-refractivity contribution >= 4 is 12.6 Å². The van der Waals surface area contributed by atoms with Crippen LogP contribution in [0, 0.1) is 0 Å². The van der Waals surface area contributed by atoms with Gasteiger partial charge in [-0.05, 0) is 6.08 Å². The van der Waals surface area contributed by atoms with E-state index in [1.54, 1.807) is 6.08 Å². The van der Waals surface area contributed by atoms with Crippen molar-refractivity contribution in [2.24, 2.45) is 5.10 Å². The number of hydrazone groups is 1. The summed E-state index contributed by atoms with van der Waals surface area (Å²) in [6.07, 6.45) is 4.87. The normalized spacial score (nSPS) is 15.8. The Kier molecular flexibility index (Phi) is 1.27. The first-order valence-corrected chi connectivity index (χ1v) is 2.04. The minimum Gasteiger partial charge on any atom is -0.363 e. The molecule has 0 aromatic heterocycles. The lowest BCUT2D eigenvalue weighted by Gasteiger charge is -2.08. The molecule has 0 aliphatic carbocycles. The van der Waals surface area contributed by atoms with Crippen LogP contribution in [0.25, 0.3) is 0 Å². The molecule has 0 aromatic carbocycles. The van der Waals surface area contributed by atoms with Gasteiger partial charge >= 0.3 is 0 Å². The van der Waals surface area contributed by atoms with Crippen molar-refractivity contribution in [3.8, 4) is 0 Å². The lowest BCUT2D eigenvalue weighted by Crippen LogP contribution is -2.14. The molecular weight excluding hydrogens is 108 g/mol. The SMILES string of the molecule is O=CN1N=CC=CO1. The van der Waals surface area contributed by atoms with Gasteiger partial charge in [-0.25, -0.2) is 0 Å². The highest BCUT2D eigenvalue weighted by Gasteiger charge is 1.94. The molecule has 4 nitrogen and oxygen atoms in total. The van der Waals surface area contributed by atoms with Gasteiger partial charge in [-0.2, -0.15) is 0 Å². The quantitative estimate of drug-likeness (QED) is 0.444. The average Bonchev–Trinajstić information content (AvgIpc) is 1.90. The van der Waals surface area contributed by atoms with Gasteiger partial charge in [-0.3, -0.25) is 4.79 Å². The smallest absolute Gasteiger partial charge is 0.268 e. The topological polar surface area (TPSA) is 41.9 Å². The molecule has 0 aromatic rings. The summed E-state index contributed by atoms with van der Waals surface area (Å²) < 4.78 is 0. The van der Waals surface area contributed by atoms with Gasteiger partial charge in [-0.1, -0.05) is 5.17 Å². The molecule has 0 atom stereocenters. The fraction of sp³-hybridized carbons (Fsp3) is 0. The van der Waals surface area contributed by atoms with Crippen molar-refractivity contribution in [1.82, 2.24) is 5.17 Å². The highest BCUT2D eigenvalue weighted by Crippen LogP contribution is 1.91. The predicted octanol–water partition coefficient (Wildman–Crippen LogP) is -0.111. The number of carbonyl (C=O) groups excluding carboxylic acids is 1. The van der Waals surface area contributed by atoms with E-state index in [1.165, 1.54) is 12.5 Å². The van der Waals surface area contributed by atoms with Crippen molar-refractivity contribution in [1.29, 1.82) is 0 Å². The lowest BCUT2D eigenvalue weighted by atomic mass is 10.7. The number of carbonyl (C=O) groups is 1. The third-order valence-corrected chi connectivity index (χ3v) is 0.604. The van der Waals surface area contributed by atoms with Crippen LogP contribution in [0.4, 0.5) is 0 Å². The highest BCUT2D eigenvalue weighted by molar-refractivity contribution is 5.71. The number of amides is 1. The summed E-state index contributed by atoms with van der Waals surface area (Å²) in [4.78, 5) is 14.3. The van der Waals surface area contributed by atoms with Crippen LogP contribution in [0.1, 0.15) is 0 Å². The van der Waals surface area contributed by atoms with Gasteiger partial charge in [0.15, 0.2) is 0 Å². The van der Waals surface area contributed by atoms with Crippen LogP contribution in [0.2, 0.25) is 0 Å². The van der Waals surface area contributed by atoms with Crippen molar-refractivity contribution in [2.45, 2.75) is 0 Å². The maximum absolute atomic E-state index is 9.81. The van der Waals surface area contributed by atoms with Crippen LogP contribution in [-0.4, -0.2) is 17.8 Å². The molecule has 0 saturated heterocycles. The summed E-state index contributed by atoms with van der Waals surface area (Å²) in [5.74, 6) is 0. The van der Waals surface area contributed by atoms with Crippen molar-refractivity contribution in [3.63, 3.8) is 0 Å². The molecule has 1 heterocycles. The summed E-state index contributed by atoms with van der Waals surface area (Å²) >= 11 is 0. The van der Waals surface area contributed by atoms with Gasteiger partial charge in [0.05, 0.1) is 6.21 Å². The largest absolute Gasteiger partial charge is 0.363 e. The molecule has 8 heavy (non-hydrogen) atoms. The van der Waals surface area contributed by atoms with Crippen LogP contribution in [0.15, 0.2) is 17.4 Å². The number of hydrogen-bond acceptors (Lipinski definition) is 3. The second-order valence-electron chi connectivity index (χ2n) is 1.11. The minimum atomic E-state index is 0.472.